The molecular weight excluding hydrogens is 256 g/mol. The Morgan fingerprint density at radius 1 is 1.27 bits per heavy atom. The summed E-state index contributed by atoms with van der Waals surface area (Å²) in [6.07, 6.45) is 2.05. The number of aryl methyl sites for hydroxylation is 1. The summed E-state index contributed by atoms with van der Waals surface area (Å²) >= 11 is 3.58. The van der Waals surface area contributed by atoms with Gasteiger partial charge in [-0.15, -0.1) is 0 Å². The molecule has 0 saturated carbocycles. The van der Waals surface area contributed by atoms with Gasteiger partial charge in [-0.25, -0.2) is 0 Å². The SMILES string of the molecule is COCC(Br)CCc1ccccc1OC. The highest BCUT2D eigenvalue weighted by atomic mass is 79.9. The van der Waals surface area contributed by atoms with Crippen molar-refractivity contribution in [2.45, 2.75) is 17.7 Å². The van der Waals surface area contributed by atoms with Crippen molar-refractivity contribution in [3.8, 4) is 5.75 Å². The maximum atomic E-state index is 5.29. The lowest BCUT2D eigenvalue weighted by Crippen LogP contribution is -2.08. The summed E-state index contributed by atoms with van der Waals surface area (Å²) in [4.78, 5) is 0.410. The first-order valence-electron chi connectivity index (χ1n) is 5.02. The van der Waals surface area contributed by atoms with E-state index in [0.29, 0.717) is 4.83 Å². The molecule has 1 unspecified atom stereocenters. The first-order chi connectivity index (χ1) is 7.27. The minimum Gasteiger partial charge on any atom is -0.496 e. The lowest BCUT2D eigenvalue weighted by atomic mass is 10.1. The summed E-state index contributed by atoms with van der Waals surface area (Å²) < 4.78 is 10.4. The molecule has 0 radical (unpaired) electrons. The first kappa shape index (κ1) is 12.5. The van der Waals surface area contributed by atoms with Crippen LogP contribution in [-0.2, 0) is 11.2 Å². The molecule has 0 bridgehead atoms. The highest BCUT2D eigenvalue weighted by molar-refractivity contribution is 9.09. The van der Waals surface area contributed by atoms with E-state index in [0.717, 1.165) is 25.2 Å². The molecule has 2 nitrogen and oxygen atoms in total. The molecule has 3 heteroatoms. The zero-order valence-corrected chi connectivity index (χ0v) is 10.8. The molecule has 0 amide bonds. The molecule has 1 aromatic carbocycles. The van der Waals surface area contributed by atoms with E-state index >= 15 is 0 Å². The Morgan fingerprint density at radius 3 is 2.67 bits per heavy atom. The van der Waals surface area contributed by atoms with E-state index in [-0.39, 0.29) is 0 Å². The number of hydrogen-bond donors (Lipinski definition) is 0. The van der Waals surface area contributed by atoms with Crippen LogP contribution >= 0.6 is 15.9 Å². The maximum Gasteiger partial charge on any atom is 0.122 e. The molecule has 15 heavy (non-hydrogen) atoms. The van der Waals surface area contributed by atoms with Crippen molar-refractivity contribution in [1.82, 2.24) is 0 Å². The molecule has 0 heterocycles. The van der Waals surface area contributed by atoms with Gasteiger partial charge in [-0.2, -0.15) is 0 Å². The minimum absolute atomic E-state index is 0.410. The zero-order valence-electron chi connectivity index (χ0n) is 9.20. The number of benzene rings is 1. The second kappa shape index (κ2) is 6.85. The molecule has 84 valence electrons. The van der Waals surface area contributed by atoms with Gasteiger partial charge in [0, 0.05) is 11.9 Å². The van der Waals surface area contributed by atoms with E-state index in [1.54, 1.807) is 14.2 Å². The van der Waals surface area contributed by atoms with Crippen LogP contribution in [0.15, 0.2) is 24.3 Å². The molecule has 0 N–H and O–H groups in total. The number of rotatable bonds is 6. The molecule has 1 rings (SSSR count). The largest absolute Gasteiger partial charge is 0.496 e. The Labute approximate surface area is 99.7 Å². The maximum absolute atomic E-state index is 5.29. The van der Waals surface area contributed by atoms with Crippen molar-refractivity contribution in [3.63, 3.8) is 0 Å². The summed E-state index contributed by atoms with van der Waals surface area (Å²) in [5.41, 5.74) is 1.25. The summed E-state index contributed by atoms with van der Waals surface area (Å²) in [5.74, 6) is 0.967. The molecule has 1 aromatic rings. The Bertz CT molecular complexity index is 289. The Hall–Kier alpha value is -0.540. The van der Waals surface area contributed by atoms with Crippen LogP contribution in [-0.4, -0.2) is 25.7 Å². The van der Waals surface area contributed by atoms with Gasteiger partial charge < -0.3 is 9.47 Å². The van der Waals surface area contributed by atoms with Crippen LogP contribution in [0.5, 0.6) is 5.75 Å². The van der Waals surface area contributed by atoms with Crippen LogP contribution in [0.3, 0.4) is 0 Å². The fourth-order valence-electron chi connectivity index (χ4n) is 1.49. The third-order valence-electron chi connectivity index (χ3n) is 2.27. The molecule has 0 fully saturated rings. The molecule has 0 aromatic heterocycles. The monoisotopic (exact) mass is 272 g/mol. The second-order valence-electron chi connectivity index (χ2n) is 3.40. The van der Waals surface area contributed by atoms with Crippen molar-refractivity contribution >= 4 is 15.9 Å². The van der Waals surface area contributed by atoms with Crippen LogP contribution in [0.4, 0.5) is 0 Å². The van der Waals surface area contributed by atoms with Crippen LogP contribution in [0.25, 0.3) is 0 Å². The smallest absolute Gasteiger partial charge is 0.122 e. The highest BCUT2D eigenvalue weighted by Crippen LogP contribution is 2.20. The standard InChI is InChI=1S/C12H17BrO2/c1-14-9-11(13)8-7-10-5-3-4-6-12(10)15-2/h3-6,11H,7-9H2,1-2H3. The number of para-hydroxylation sites is 1. The summed E-state index contributed by atoms with van der Waals surface area (Å²) in [7, 11) is 3.43. The van der Waals surface area contributed by atoms with Gasteiger partial charge in [0.15, 0.2) is 0 Å². The van der Waals surface area contributed by atoms with Gasteiger partial charge in [0.05, 0.1) is 13.7 Å². The summed E-state index contributed by atoms with van der Waals surface area (Å²) in [6.45, 7) is 0.745. The van der Waals surface area contributed by atoms with Crippen LogP contribution in [0.1, 0.15) is 12.0 Å². The van der Waals surface area contributed by atoms with Gasteiger partial charge in [-0.05, 0) is 24.5 Å². The number of hydrogen-bond acceptors (Lipinski definition) is 2. The molecule has 0 aliphatic heterocycles. The van der Waals surface area contributed by atoms with E-state index in [2.05, 4.69) is 22.0 Å². The van der Waals surface area contributed by atoms with Gasteiger partial charge >= 0.3 is 0 Å². The predicted molar refractivity (Wildman–Crippen MR) is 65.9 cm³/mol. The van der Waals surface area contributed by atoms with Crippen molar-refractivity contribution in [3.05, 3.63) is 29.8 Å². The lowest BCUT2D eigenvalue weighted by molar-refractivity contribution is 0.198. The Morgan fingerprint density at radius 2 is 2.00 bits per heavy atom. The Kier molecular flexibility index (Phi) is 5.73. The average molecular weight is 273 g/mol. The molecule has 0 aliphatic rings. The van der Waals surface area contributed by atoms with Crippen molar-refractivity contribution in [2.24, 2.45) is 0 Å². The fourth-order valence-corrected chi connectivity index (χ4v) is 1.98. The number of methoxy groups -OCH3 is 2. The van der Waals surface area contributed by atoms with Gasteiger partial charge in [-0.3, -0.25) is 0 Å². The van der Waals surface area contributed by atoms with E-state index in [1.807, 2.05) is 18.2 Å². The van der Waals surface area contributed by atoms with Crippen LogP contribution in [0.2, 0.25) is 0 Å². The topological polar surface area (TPSA) is 18.5 Å². The molecule has 0 spiro atoms. The summed E-state index contributed by atoms with van der Waals surface area (Å²) in [5, 5.41) is 0. The quantitative estimate of drug-likeness (QED) is 0.742. The van der Waals surface area contributed by atoms with Gasteiger partial charge in [0.25, 0.3) is 0 Å². The number of ether oxygens (including phenoxy) is 2. The van der Waals surface area contributed by atoms with E-state index in [4.69, 9.17) is 9.47 Å². The molecule has 0 saturated heterocycles. The predicted octanol–water partition coefficient (Wildman–Crippen LogP) is 3.04. The van der Waals surface area contributed by atoms with Crippen molar-refractivity contribution < 1.29 is 9.47 Å². The normalized spacial score (nSPS) is 12.5. The minimum atomic E-state index is 0.410. The molecule has 1 atom stereocenters. The second-order valence-corrected chi connectivity index (χ2v) is 4.70. The van der Waals surface area contributed by atoms with Crippen molar-refractivity contribution in [1.29, 1.82) is 0 Å². The van der Waals surface area contributed by atoms with Crippen molar-refractivity contribution in [2.75, 3.05) is 20.8 Å². The highest BCUT2D eigenvalue weighted by Gasteiger charge is 2.06. The lowest BCUT2D eigenvalue weighted by Gasteiger charge is -2.10. The van der Waals surface area contributed by atoms with Gasteiger partial charge in [0.1, 0.15) is 5.75 Å². The zero-order chi connectivity index (χ0) is 11.1. The average Bonchev–Trinajstić information content (AvgIpc) is 2.27. The van der Waals surface area contributed by atoms with Crippen LogP contribution < -0.4 is 4.74 Å². The summed E-state index contributed by atoms with van der Waals surface area (Å²) in [6, 6.07) is 8.13. The number of halogens is 1. The number of alkyl halides is 1. The third-order valence-corrected chi connectivity index (χ3v) is 2.99. The first-order valence-corrected chi connectivity index (χ1v) is 5.94. The van der Waals surface area contributed by atoms with Crippen LogP contribution in [0, 0.1) is 0 Å². The molecule has 0 aliphatic carbocycles. The molecular formula is C12H17BrO2. The van der Waals surface area contributed by atoms with E-state index < -0.39 is 0 Å². The van der Waals surface area contributed by atoms with Gasteiger partial charge in [0.2, 0.25) is 0 Å². The fraction of sp³-hybridized carbons (Fsp3) is 0.500. The van der Waals surface area contributed by atoms with E-state index in [9.17, 15) is 0 Å². The Balaban J connectivity index is 2.49. The third kappa shape index (κ3) is 4.22. The van der Waals surface area contributed by atoms with Gasteiger partial charge in [-0.1, -0.05) is 34.1 Å². The van der Waals surface area contributed by atoms with E-state index in [1.165, 1.54) is 5.56 Å².